The van der Waals surface area contributed by atoms with Crippen molar-refractivity contribution in [1.29, 1.82) is 0 Å². The summed E-state index contributed by atoms with van der Waals surface area (Å²) in [4.78, 5) is 5.19. The number of hydrogen-bond acceptors (Lipinski definition) is 1. The molecule has 5 aromatic carbocycles. The second-order valence-corrected chi connectivity index (χ2v) is 9.66. The predicted octanol–water partition coefficient (Wildman–Crippen LogP) is 8.51. The van der Waals surface area contributed by atoms with Crippen LogP contribution in [0, 0.1) is 0 Å². The fraction of sp³-hybridized carbons (Fsp3) is 0.0938. The van der Waals surface area contributed by atoms with Gasteiger partial charge in [-0.2, -0.15) is 0 Å². The lowest BCUT2D eigenvalue weighted by molar-refractivity contribution is 0.661. The van der Waals surface area contributed by atoms with E-state index in [1.54, 1.807) is 0 Å². The second-order valence-electron chi connectivity index (χ2n) is 9.66. The Kier molecular flexibility index (Phi) is 3.67. The molecule has 0 saturated carbocycles. The largest absolute Gasteiger partial charge is 0.247 e. The molecule has 0 N–H and O–H groups in total. The minimum atomic E-state index is -0.114. The van der Waals surface area contributed by atoms with Gasteiger partial charge in [0.05, 0.1) is 11.2 Å². The number of fused-ring (bicyclic) bond motifs is 7. The number of rotatable bonds is 1. The molecular weight excluding hydrogens is 398 g/mol. The van der Waals surface area contributed by atoms with Crippen LogP contribution in [0.3, 0.4) is 0 Å². The van der Waals surface area contributed by atoms with Crippen LogP contribution in [0.1, 0.15) is 25.0 Å². The van der Waals surface area contributed by atoms with Crippen molar-refractivity contribution >= 4 is 32.4 Å². The SMILES string of the molecule is CC1(C)c2cc3ccccc3nc2-c2c1cc(-c1ccc3ccccc3c1)c1ccccc21. The molecule has 1 aromatic heterocycles. The van der Waals surface area contributed by atoms with E-state index in [4.69, 9.17) is 4.98 Å². The highest BCUT2D eigenvalue weighted by Gasteiger charge is 2.38. The molecule has 1 heteroatoms. The molecule has 0 atom stereocenters. The first-order valence-electron chi connectivity index (χ1n) is 11.6. The molecule has 0 bridgehead atoms. The average molecular weight is 422 g/mol. The van der Waals surface area contributed by atoms with Crippen LogP contribution in [0.4, 0.5) is 0 Å². The van der Waals surface area contributed by atoms with Crippen LogP contribution in [-0.2, 0) is 5.41 Å². The molecule has 0 saturated heterocycles. The summed E-state index contributed by atoms with van der Waals surface area (Å²) in [5, 5.41) is 6.32. The van der Waals surface area contributed by atoms with E-state index in [-0.39, 0.29) is 5.41 Å². The molecule has 1 nitrogen and oxygen atoms in total. The molecule has 1 aliphatic carbocycles. The van der Waals surface area contributed by atoms with Gasteiger partial charge in [-0.3, -0.25) is 0 Å². The summed E-state index contributed by atoms with van der Waals surface area (Å²) in [5.74, 6) is 0. The molecule has 7 rings (SSSR count). The van der Waals surface area contributed by atoms with E-state index in [9.17, 15) is 0 Å². The van der Waals surface area contributed by atoms with Gasteiger partial charge in [-0.25, -0.2) is 4.98 Å². The molecule has 0 amide bonds. The highest BCUT2D eigenvalue weighted by Crippen LogP contribution is 2.53. The third kappa shape index (κ3) is 2.57. The molecule has 0 fully saturated rings. The highest BCUT2D eigenvalue weighted by atomic mass is 14.7. The predicted molar refractivity (Wildman–Crippen MR) is 140 cm³/mol. The van der Waals surface area contributed by atoms with Crippen LogP contribution in [-0.4, -0.2) is 4.98 Å². The minimum absolute atomic E-state index is 0.114. The van der Waals surface area contributed by atoms with Gasteiger partial charge in [0, 0.05) is 16.4 Å². The maximum atomic E-state index is 5.19. The number of pyridine rings is 1. The first-order valence-corrected chi connectivity index (χ1v) is 11.6. The lowest BCUT2D eigenvalue weighted by atomic mass is 9.80. The van der Waals surface area contributed by atoms with Crippen molar-refractivity contribution in [3.8, 4) is 22.4 Å². The maximum absolute atomic E-state index is 5.19. The van der Waals surface area contributed by atoms with Crippen LogP contribution >= 0.6 is 0 Å². The van der Waals surface area contributed by atoms with E-state index in [1.165, 1.54) is 54.7 Å². The van der Waals surface area contributed by atoms with Crippen LogP contribution in [0.2, 0.25) is 0 Å². The Balaban J connectivity index is 1.58. The van der Waals surface area contributed by atoms with Gasteiger partial charge in [0.15, 0.2) is 0 Å². The smallest absolute Gasteiger partial charge is 0.0759 e. The normalized spacial score (nSPS) is 14.0. The Bertz CT molecular complexity index is 1740. The zero-order chi connectivity index (χ0) is 22.2. The Morgan fingerprint density at radius 2 is 1.27 bits per heavy atom. The molecular formula is C32H23N. The van der Waals surface area contributed by atoms with Gasteiger partial charge in [-0.05, 0) is 68.1 Å². The summed E-state index contributed by atoms with van der Waals surface area (Å²) in [6, 6.07) is 37.5. The summed E-state index contributed by atoms with van der Waals surface area (Å²) >= 11 is 0. The number of para-hydroxylation sites is 1. The fourth-order valence-electron chi connectivity index (χ4n) is 5.65. The Morgan fingerprint density at radius 1 is 0.576 bits per heavy atom. The summed E-state index contributed by atoms with van der Waals surface area (Å²) in [6.45, 7) is 4.68. The monoisotopic (exact) mass is 421 g/mol. The van der Waals surface area contributed by atoms with Crippen molar-refractivity contribution in [3.63, 3.8) is 0 Å². The number of hydrogen-bond donors (Lipinski definition) is 0. The van der Waals surface area contributed by atoms with E-state index in [2.05, 4.69) is 117 Å². The van der Waals surface area contributed by atoms with Gasteiger partial charge >= 0.3 is 0 Å². The first-order chi connectivity index (χ1) is 16.1. The van der Waals surface area contributed by atoms with E-state index in [0.29, 0.717) is 0 Å². The summed E-state index contributed by atoms with van der Waals surface area (Å²) in [7, 11) is 0. The number of benzene rings is 5. The van der Waals surface area contributed by atoms with Gasteiger partial charge in [0.25, 0.3) is 0 Å². The van der Waals surface area contributed by atoms with Crippen molar-refractivity contribution in [1.82, 2.24) is 4.98 Å². The molecule has 33 heavy (non-hydrogen) atoms. The maximum Gasteiger partial charge on any atom is 0.0759 e. The van der Waals surface area contributed by atoms with Crippen LogP contribution < -0.4 is 0 Å². The molecule has 0 aliphatic heterocycles. The fourth-order valence-corrected chi connectivity index (χ4v) is 5.65. The van der Waals surface area contributed by atoms with Gasteiger partial charge in [0.1, 0.15) is 0 Å². The first kappa shape index (κ1) is 18.6. The average Bonchev–Trinajstić information content (AvgIpc) is 3.08. The van der Waals surface area contributed by atoms with Crippen molar-refractivity contribution in [3.05, 3.63) is 114 Å². The van der Waals surface area contributed by atoms with Gasteiger partial charge in [0.2, 0.25) is 0 Å². The Hall–Kier alpha value is -3.97. The molecule has 0 unspecified atom stereocenters. The molecule has 156 valence electrons. The Morgan fingerprint density at radius 3 is 2.12 bits per heavy atom. The van der Waals surface area contributed by atoms with E-state index < -0.39 is 0 Å². The van der Waals surface area contributed by atoms with E-state index >= 15 is 0 Å². The third-order valence-corrected chi connectivity index (χ3v) is 7.41. The zero-order valence-electron chi connectivity index (χ0n) is 18.8. The lowest BCUT2D eigenvalue weighted by Crippen LogP contribution is -2.15. The van der Waals surface area contributed by atoms with Crippen molar-refractivity contribution in [2.45, 2.75) is 19.3 Å². The minimum Gasteiger partial charge on any atom is -0.247 e. The number of nitrogens with zero attached hydrogens (tertiary/aromatic N) is 1. The van der Waals surface area contributed by atoms with Crippen LogP contribution in [0.25, 0.3) is 54.8 Å². The third-order valence-electron chi connectivity index (χ3n) is 7.41. The van der Waals surface area contributed by atoms with Gasteiger partial charge in [-0.15, -0.1) is 0 Å². The number of aromatic nitrogens is 1. The van der Waals surface area contributed by atoms with Crippen LogP contribution in [0.15, 0.2) is 103 Å². The summed E-state index contributed by atoms with van der Waals surface area (Å²) in [6.07, 6.45) is 0. The second kappa shape index (κ2) is 6.52. The van der Waals surface area contributed by atoms with E-state index in [1.807, 2.05) is 0 Å². The topological polar surface area (TPSA) is 12.9 Å². The molecule has 1 aliphatic rings. The quantitative estimate of drug-likeness (QED) is 0.259. The zero-order valence-corrected chi connectivity index (χ0v) is 18.8. The van der Waals surface area contributed by atoms with Crippen LogP contribution in [0.5, 0.6) is 0 Å². The summed E-state index contributed by atoms with van der Waals surface area (Å²) in [5.41, 5.74) is 8.60. The highest BCUT2D eigenvalue weighted by molar-refractivity contribution is 6.09. The standard InChI is InChI=1S/C32H23N/c1-32(2)27-19-26(22-16-15-20-9-3-4-10-21(20)17-22)24-12-6-7-13-25(24)30(27)31-28(32)18-23-11-5-8-14-29(23)33-31/h3-19H,1-2H3. The summed E-state index contributed by atoms with van der Waals surface area (Å²) < 4.78 is 0. The van der Waals surface area contributed by atoms with Gasteiger partial charge in [-0.1, -0.05) is 92.7 Å². The van der Waals surface area contributed by atoms with E-state index in [0.717, 1.165) is 11.2 Å². The van der Waals surface area contributed by atoms with Gasteiger partial charge < -0.3 is 0 Å². The Labute approximate surface area is 193 Å². The lowest BCUT2D eigenvalue weighted by Gasteiger charge is -2.23. The molecule has 6 aromatic rings. The van der Waals surface area contributed by atoms with Crippen molar-refractivity contribution in [2.75, 3.05) is 0 Å². The molecule has 1 heterocycles. The molecule has 0 radical (unpaired) electrons. The van der Waals surface area contributed by atoms with Crippen molar-refractivity contribution in [2.24, 2.45) is 0 Å². The molecule has 0 spiro atoms. The van der Waals surface area contributed by atoms with Crippen molar-refractivity contribution < 1.29 is 0 Å².